The minimum atomic E-state index is -3.49. The summed E-state index contributed by atoms with van der Waals surface area (Å²) in [5.74, 6) is 0.299. The smallest absolute Gasteiger partial charge is 0.263 e. The van der Waals surface area contributed by atoms with Crippen LogP contribution in [-0.4, -0.2) is 46.6 Å². The van der Waals surface area contributed by atoms with Crippen LogP contribution in [0.2, 0.25) is 0 Å². The molecule has 0 saturated carbocycles. The van der Waals surface area contributed by atoms with Gasteiger partial charge in [0, 0.05) is 14.1 Å². The topological polar surface area (TPSA) is 113 Å². The summed E-state index contributed by atoms with van der Waals surface area (Å²) in [6.07, 6.45) is 1.49. The first-order chi connectivity index (χ1) is 14.8. The third-order valence-corrected chi connectivity index (χ3v) is 6.78. The molecule has 160 valence electrons. The van der Waals surface area contributed by atoms with Crippen LogP contribution in [0.15, 0.2) is 70.5 Å². The quantitative estimate of drug-likeness (QED) is 0.478. The monoisotopic (exact) mass is 438 g/mol. The summed E-state index contributed by atoms with van der Waals surface area (Å²) in [4.78, 5) is 20.0. The van der Waals surface area contributed by atoms with Crippen LogP contribution in [0.25, 0.3) is 16.7 Å². The standard InChI is InChI=1S/C21H22N6O3S/c1-14(15-9-11-17(12-10-15)31(29,30)26(2)3)23-21-24-19-18(20(28)25-21)13-22-27(19)16-7-5-4-6-8-16/h4-14H,1-3H3,(H2,23,24,25,28). The maximum absolute atomic E-state index is 12.5. The molecule has 0 saturated heterocycles. The summed E-state index contributed by atoms with van der Waals surface area (Å²) in [5.41, 5.74) is 1.79. The van der Waals surface area contributed by atoms with E-state index in [-0.39, 0.29) is 16.5 Å². The summed E-state index contributed by atoms with van der Waals surface area (Å²) in [7, 11) is -0.506. The van der Waals surface area contributed by atoms with Crippen molar-refractivity contribution in [2.45, 2.75) is 17.9 Å². The van der Waals surface area contributed by atoms with Crippen LogP contribution in [0.4, 0.5) is 5.95 Å². The van der Waals surface area contributed by atoms with Gasteiger partial charge in [-0.15, -0.1) is 0 Å². The van der Waals surface area contributed by atoms with Crippen molar-refractivity contribution >= 4 is 27.0 Å². The van der Waals surface area contributed by atoms with Gasteiger partial charge >= 0.3 is 0 Å². The SMILES string of the molecule is CC(Nc1nc2c(cnn2-c2ccccc2)c(=O)[nH]1)c1ccc(S(=O)(=O)N(C)C)cc1. The number of sulfonamides is 1. The fraction of sp³-hybridized carbons (Fsp3) is 0.190. The molecule has 1 unspecified atom stereocenters. The van der Waals surface area contributed by atoms with E-state index < -0.39 is 10.0 Å². The molecule has 9 nitrogen and oxygen atoms in total. The average molecular weight is 439 g/mol. The van der Waals surface area contributed by atoms with E-state index in [1.54, 1.807) is 28.9 Å². The molecule has 4 aromatic rings. The zero-order valence-corrected chi connectivity index (χ0v) is 18.1. The molecular weight excluding hydrogens is 416 g/mol. The Hall–Kier alpha value is -3.50. The highest BCUT2D eigenvalue weighted by Crippen LogP contribution is 2.21. The molecule has 0 aliphatic carbocycles. The molecule has 0 fully saturated rings. The highest BCUT2D eigenvalue weighted by Gasteiger charge is 2.18. The summed E-state index contributed by atoms with van der Waals surface area (Å²) in [6.45, 7) is 1.90. The summed E-state index contributed by atoms with van der Waals surface area (Å²) in [6, 6.07) is 15.8. The van der Waals surface area contributed by atoms with Crippen molar-refractivity contribution in [3.63, 3.8) is 0 Å². The lowest BCUT2D eigenvalue weighted by Crippen LogP contribution is -2.22. The number of anilines is 1. The summed E-state index contributed by atoms with van der Waals surface area (Å²) >= 11 is 0. The molecule has 0 radical (unpaired) electrons. The first-order valence-electron chi connectivity index (χ1n) is 9.60. The Bertz CT molecular complexity index is 1380. The van der Waals surface area contributed by atoms with Gasteiger partial charge in [0.25, 0.3) is 5.56 Å². The highest BCUT2D eigenvalue weighted by atomic mass is 32.2. The number of H-pyrrole nitrogens is 1. The predicted octanol–water partition coefficient (Wildman–Crippen LogP) is 2.53. The van der Waals surface area contributed by atoms with Crippen molar-refractivity contribution in [2.75, 3.05) is 19.4 Å². The van der Waals surface area contributed by atoms with E-state index in [1.807, 2.05) is 37.3 Å². The van der Waals surface area contributed by atoms with Crippen LogP contribution < -0.4 is 10.9 Å². The second kappa shape index (κ2) is 7.97. The maximum Gasteiger partial charge on any atom is 0.263 e. The number of aromatic nitrogens is 4. The molecule has 0 spiro atoms. The molecule has 0 aliphatic rings. The van der Waals surface area contributed by atoms with Crippen molar-refractivity contribution in [2.24, 2.45) is 0 Å². The fourth-order valence-electron chi connectivity index (χ4n) is 3.17. The molecular formula is C21H22N6O3S. The number of aromatic amines is 1. The number of benzene rings is 2. The van der Waals surface area contributed by atoms with Gasteiger partial charge in [-0.05, 0) is 36.8 Å². The van der Waals surface area contributed by atoms with Gasteiger partial charge in [-0.1, -0.05) is 30.3 Å². The van der Waals surface area contributed by atoms with E-state index in [2.05, 4.69) is 20.4 Å². The molecule has 2 aromatic heterocycles. The second-order valence-corrected chi connectivity index (χ2v) is 9.42. The van der Waals surface area contributed by atoms with E-state index in [0.717, 1.165) is 11.3 Å². The van der Waals surface area contributed by atoms with Gasteiger partial charge in [-0.25, -0.2) is 17.4 Å². The lowest BCUT2D eigenvalue weighted by Gasteiger charge is -2.16. The van der Waals surface area contributed by atoms with E-state index in [4.69, 9.17) is 0 Å². The zero-order valence-electron chi connectivity index (χ0n) is 17.3. The van der Waals surface area contributed by atoms with Crippen LogP contribution in [0, 0.1) is 0 Å². The van der Waals surface area contributed by atoms with E-state index in [9.17, 15) is 13.2 Å². The highest BCUT2D eigenvalue weighted by molar-refractivity contribution is 7.89. The van der Waals surface area contributed by atoms with E-state index in [1.165, 1.54) is 24.6 Å². The van der Waals surface area contributed by atoms with Crippen molar-refractivity contribution in [1.82, 2.24) is 24.1 Å². The molecule has 4 rings (SSSR count). The van der Waals surface area contributed by atoms with Crippen LogP contribution in [0.5, 0.6) is 0 Å². The Morgan fingerprint density at radius 2 is 1.74 bits per heavy atom. The Labute approximate surface area is 179 Å². The van der Waals surface area contributed by atoms with E-state index >= 15 is 0 Å². The lowest BCUT2D eigenvalue weighted by molar-refractivity contribution is 0.520. The average Bonchev–Trinajstić information content (AvgIpc) is 3.19. The Morgan fingerprint density at radius 3 is 2.39 bits per heavy atom. The first-order valence-corrected chi connectivity index (χ1v) is 11.0. The minimum Gasteiger partial charge on any atom is -0.349 e. The number of nitrogens with zero attached hydrogens (tertiary/aromatic N) is 4. The van der Waals surface area contributed by atoms with Gasteiger partial charge in [0.2, 0.25) is 16.0 Å². The van der Waals surface area contributed by atoms with Crippen molar-refractivity contribution in [3.8, 4) is 5.69 Å². The summed E-state index contributed by atoms with van der Waals surface area (Å²) in [5, 5.41) is 7.86. The number of fused-ring (bicyclic) bond motifs is 1. The number of para-hydroxylation sites is 1. The largest absolute Gasteiger partial charge is 0.349 e. The van der Waals surface area contributed by atoms with Gasteiger partial charge in [-0.2, -0.15) is 10.1 Å². The Kier molecular flexibility index (Phi) is 5.34. The third-order valence-electron chi connectivity index (χ3n) is 4.95. The second-order valence-electron chi connectivity index (χ2n) is 7.27. The number of rotatable bonds is 6. The molecule has 2 heterocycles. The van der Waals surface area contributed by atoms with Crippen LogP contribution in [0.3, 0.4) is 0 Å². The lowest BCUT2D eigenvalue weighted by atomic mass is 10.1. The summed E-state index contributed by atoms with van der Waals surface area (Å²) < 4.78 is 27.3. The molecule has 0 amide bonds. The maximum atomic E-state index is 12.5. The first kappa shape index (κ1) is 20.8. The Morgan fingerprint density at radius 1 is 1.06 bits per heavy atom. The normalized spacial score (nSPS) is 12.9. The minimum absolute atomic E-state index is 0.216. The predicted molar refractivity (Wildman–Crippen MR) is 119 cm³/mol. The van der Waals surface area contributed by atoms with Crippen LogP contribution in [0.1, 0.15) is 18.5 Å². The molecule has 0 bridgehead atoms. The van der Waals surface area contributed by atoms with Gasteiger partial charge < -0.3 is 5.32 Å². The zero-order chi connectivity index (χ0) is 22.2. The van der Waals surface area contributed by atoms with Crippen LogP contribution >= 0.6 is 0 Å². The molecule has 0 aliphatic heterocycles. The van der Waals surface area contributed by atoms with E-state index in [0.29, 0.717) is 17.0 Å². The van der Waals surface area contributed by atoms with Gasteiger partial charge in [0.1, 0.15) is 5.39 Å². The van der Waals surface area contributed by atoms with Gasteiger partial charge in [-0.3, -0.25) is 9.78 Å². The van der Waals surface area contributed by atoms with Crippen LogP contribution in [-0.2, 0) is 10.0 Å². The number of hydrogen-bond acceptors (Lipinski definition) is 6. The van der Waals surface area contributed by atoms with Gasteiger partial charge in [0.05, 0.1) is 22.8 Å². The van der Waals surface area contributed by atoms with Gasteiger partial charge in [0.15, 0.2) is 5.65 Å². The third kappa shape index (κ3) is 3.94. The van der Waals surface area contributed by atoms with Crippen molar-refractivity contribution < 1.29 is 8.42 Å². The molecule has 2 N–H and O–H groups in total. The molecule has 31 heavy (non-hydrogen) atoms. The van der Waals surface area contributed by atoms with Crippen molar-refractivity contribution in [3.05, 3.63) is 76.7 Å². The molecule has 10 heteroatoms. The molecule has 1 atom stereocenters. The fourth-order valence-corrected chi connectivity index (χ4v) is 4.07. The number of hydrogen-bond donors (Lipinski definition) is 2. The number of nitrogens with one attached hydrogen (secondary N) is 2. The Balaban J connectivity index is 1.63. The van der Waals surface area contributed by atoms with Crippen molar-refractivity contribution in [1.29, 1.82) is 0 Å². The molecule has 2 aromatic carbocycles.